The third kappa shape index (κ3) is 26.1. The van der Waals surface area contributed by atoms with Gasteiger partial charge in [0, 0.05) is 181 Å². The first-order chi connectivity index (χ1) is 62.5. The lowest BCUT2D eigenvalue weighted by atomic mass is 10.1. The van der Waals surface area contributed by atoms with Gasteiger partial charge >= 0.3 is 0 Å². The van der Waals surface area contributed by atoms with E-state index in [1.165, 1.54) is 22.5 Å². The second-order valence-corrected chi connectivity index (χ2v) is 40.5. The zero-order chi connectivity index (χ0) is 92.0. The fourth-order valence-electron chi connectivity index (χ4n) is 15.9. The number of aromatic nitrogens is 8. The highest BCUT2D eigenvalue weighted by molar-refractivity contribution is 7.90. The Morgan fingerprint density at radius 2 is 0.623 bits per heavy atom. The van der Waals surface area contributed by atoms with Gasteiger partial charge in [-0.3, -0.25) is 0 Å². The molecule has 0 saturated carbocycles. The lowest BCUT2D eigenvalue weighted by Gasteiger charge is -2.32. The summed E-state index contributed by atoms with van der Waals surface area (Å²) in [4.78, 5) is 37.0. The molecule has 0 spiro atoms. The third-order valence-electron chi connectivity index (χ3n) is 22.8. The number of halogens is 4. The number of nitrogens with one attached hydrogen (secondary N) is 4. The number of phenolic OH excluding ortho intramolecular Hbond substituents is 2. The molecule has 4 aliphatic heterocycles. The molecule has 684 valence electrons. The summed E-state index contributed by atoms with van der Waals surface area (Å²) >= 11 is 5.98. The Labute approximate surface area is 764 Å². The SMILES string of the molecule is C[C@H]1CNCCN1S(=O)(=O)c1cccc(-c2ccnc(CCCc3cc(F)cc(F)c3)n2)c1.C[C@H]1CNCCN1S(=O)(=O)c1cccc(-c2ccnc(CCCc3ccc(O)c(Cl)c3)n2)c1.C[C@H]1CNCCN1S(=O)(=O)c1cccc(-c2ccnc(CCCc3ccc(O)cc3)n2)c1.C[C@H]1CNCCN1S(=O)(=O)c1cccc(-c2ccnc(CCCc3cccc(F)c3)n2)c1. The van der Waals surface area contributed by atoms with Gasteiger partial charge in [-0.1, -0.05) is 90.5 Å². The normalized spacial score (nSPS) is 17.3. The minimum Gasteiger partial charge on any atom is -0.508 e. The van der Waals surface area contributed by atoms with E-state index in [0.717, 1.165) is 83.8 Å². The molecule has 4 atom stereocenters. The number of sulfonamides is 4. The van der Waals surface area contributed by atoms with Crippen LogP contribution in [-0.4, -0.2) is 204 Å². The van der Waals surface area contributed by atoms with E-state index in [1.807, 2.05) is 82.3 Å². The molecule has 4 saturated heterocycles. The summed E-state index contributed by atoms with van der Waals surface area (Å²) in [5, 5.41) is 32.2. The summed E-state index contributed by atoms with van der Waals surface area (Å²) < 4.78 is 152. The van der Waals surface area contributed by atoms with Crippen molar-refractivity contribution in [3.8, 4) is 56.5 Å². The van der Waals surface area contributed by atoms with Crippen LogP contribution in [0.1, 0.15) is 98.9 Å². The van der Waals surface area contributed by atoms with Crippen LogP contribution in [0.4, 0.5) is 13.2 Å². The van der Waals surface area contributed by atoms with E-state index in [2.05, 4.69) is 61.1 Å². The van der Waals surface area contributed by atoms with Crippen molar-refractivity contribution < 1.29 is 57.1 Å². The first kappa shape index (κ1) is 96.8. The van der Waals surface area contributed by atoms with Gasteiger partial charge in [-0.15, -0.1) is 0 Å². The maximum atomic E-state index is 13.4. The summed E-state index contributed by atoms with van der Waals surface area (Å²) in [6, 6.07) is 56.9. The molecule has 130 heavy (non-hydrogen) atoms. The molecular weight excluding hydrogens is 1760 g/mol. The quantitative estimate of drug-likeness (QED) is 0.0265. The number of hydrogen-bond donors (Lipinski definition) is 6. The Bertz CT molecular complexity index is 6330. The number of aryl methyl sites for hydroxylation is 8. The number of aromatic hydroxyl groups is 2. The molecule has 0 unspecified atom stereocenters. The second kappa shape index (κ2) is 45.4. The highest BCUT2D eigenvalue weighted by Gasteiger charge is 2.36. The summed E-state index contributed by atoms with van der Waals surface area (Å²) in [5.74, 6) is 1.63. The predicted octanol–water partition coefficient (Wildman–Crippen LogP) is 13.7. The first-order valence-corrected chi connectivity index (χ1v) is 49.7. The van der Waals surface area contributed by atoms with Crippen LogP contribution in [0.3, 0.4) is 0 Å². The van der Waals surface area contributed by atoms with Gasteiger partial charge in [0.05, 0.1) is 47.4 Å². The molecule has 0 radical (unpaired) electrons. The van der Waals surface area contributed by atoms with Crippen LogP contribution in [0.2, 0.25) is 5.02 Å². The molecule has 0 bridgehead atoms. The van der Waals surface area contributed by atoms with Gasteiger partial charge in [0.1, 0.15) is 52.2 Å². The number of benzene rings is 8. The van der Waals surface area contributed by atoms with Crippen molar-refractivity contribution in [3.63, 3.8) is 0 Å². The van der Waals surface area contributed by atoms with E-state index in [4.69, 9.17) is 11.6 Å². The van der Waals surface area contributed by atoms with Crippen molar-refractivity contribution >= 4 is 51.7 Å². The van der Waals surface area contributed by atoms with Gasteiger partial charge < -0.3 is 31.5 Å². The van der Waals surface area contributed by atoms with Crippen LogP contribution < -0.4 is 21.3 Å². The molecule has 6 N–H and O–H groups in total. The highest BCUT2D eigenvalue weighted by Crippen LogP contribution is 2.32. The fraction of sp³-hybridized carbons (Fsp3) is 0.333. The lowest BCUT2D eigenvalue weighted by molar-refractivity contribution is 0.283. The number of rotatable bonds is 28. The predicted molar refractivity (Wildman–Crippen MR) is 497 cm³/mol. The van der Waals surface area contributed by atoms with Crippen LogP contribution >= 0.6 is 11.6 Å². The molecule has 8 aromatic carbocycles. The monoisotopic (exact) mass is 1860 g/mol. The lowest BCUT2D eigenvalue weighted by Crippen LogP contribution is -2.52. The molecule has 0 aliphatic carbocycles. The van der Waals surface area contributed by atoms with Gasteiger partial charge in [-0.25, -0.2) is 86.7 Å². The van der Waals surface area contributed by atoms with Gasteiger partial charge in [0.15, 0.2) is 0 Å². The van der Waals surface area contributed by atoms with Gasteiger partial charge in [-0.05, 0) is 223 Å². The topological polar surface area (TPSA) is 341 Å². The van der Waals surface area contributed by atoms with Gasteiger partial charge in [-0.2, -0.15) is 17.2 Å². The Kier molecular flexibility index (Phi) is 33.8. The largest absolute Gasteiger partial charge is 0.508 e. The molecule has 4 aliphatic rings. The molecule has 4 fully saturated rings. The van der Waals surface area contributed by atoms with E-state index in [9.17, 15) is 57.1 Å². The van der Waals surface area contributed by atoms with Crippen LogP contribution in [0, 0.1) is 17.5 Å². The molecule has 8 heterocycles. The molecule has 0 amide bonds. The van der Waals surface area contributed by atoms with Crippen molar-refractivity contribution in [1.82, 2.24) is 78.4 Å². The minimum absolute atomic E-state index is 0.0760. The van der Waals surface area contributed by atoms with Crippen molar-refractivity contribution in [1.29, 1.82) is 0 Å². The molecule has 16 rings (SSSR count). The number of piperazine rings is 4. The maximum Gasteiger partial charge on any atom is 0.243 e. The standard InChI is InChI=1S/C24H27ClN4O3S.C24H26F2N4O2S.C24H27FN4O2S.C24H28N4O3S/c1-17-16-26-12-13-29(17)33(31,32)20-6-3-5-19(15-20)22-10-11-27-24(28-22)7-2-4-18-8-9-23(30)21(25)14-18;1-17-16-27-10-11-30(17)33(31,32)22-6-3-5-19(14-22)23-8-9-28-24(29-23)7-2-4-18-12-20(25)15-21(26)13-18;1-18-17-26-13-14-29(18)32(30,31)22-9-4-7-20(16-22)23-11-12-27-24(28-23)10-3-6-19-5-2-8-21(25)15-19;1-18-17-25-14-15-28(18)32(30,31)22-6-3-5-20(16-22)23-12-13-26-24(27-23)7-2-4-19-8-10-21(29)11-9-19/h3,5-6,8-11,14-15,17,26,30H,2,4,7,12-13,16H2,1H3;3,5-6,8-9,12-15,17,27H,2,4,7,10-11,16H2,1H3;2,4-5,7-9,11-12,15-16,18,26H,3,6,10,13-14,17H2,1H3;3,5-6,8-13,16,18,25,29H,2,4,7,14-15,17H2,1H3/t2*17-;2*18-/m0000/s1. The average molecular weight is 1870 g/mol. The molecular formula is C96H108ClF3N16O10S4. The van der Waals surface area contributed by atoms with Crippen LogP contribution in [0.15, 0.2) is 251 Å². The van der Waals surface area contributed by atoms with Crippen LogP contribution in [0.25, 0.3) is 45.0 Å². The van der Waals surface area contributed by atoms with Gasteiger partial charge in [0.2, 0.25) is 40.1 Å². The summed E-state index contributed by atoms with van der Waals surface area (Å²) in [6.45, 7) is 14.6. The zero-order valence-electron chi connectivity index (χ0n) is 72.9. The van der Waals surface area contributed by atoms with E-state index < -0.39 is 51.7 Å². The van der Waals surface area contributed by atoms with Crippen LogP contribution in [-0.2, 0) is 91.5 Å². The number of nitrogens with zero attached hydrogens (tertiary/aromatic N) is 12. The van der Waals surface area contributed by atoms with Gasteiger partial charge in [0.25, 0.3) is 0 Å². The summed E-state index contributed by atoms with van der Waals surface area (Å²) in [7, 11) is -14.3. The van der Waals surface area contributed by atoms with Crippen molar-refractivity contribution in [2.45, 2.75) is 148 Å². The zero-order valence-corrected chi connectivity index (χ0v) is 76.9. The second-order valence-electron chi connectivity index (χ2n) is 32.5. The number of phenols is 2. The van der Waals surface area contributed by atoms with Crippen molar-refractivity contribution in [2.75, 3.05) is 78.5 Å². The van der Waals surface area contributed by atoms with Crippen LogP contribution in [0.5, 0.6) is 11.5 Å². The van der Waals surface area contributed by atoms with Crippen molar-refractivity contribution in [3.05, 3.63) is 299 Å². The fourth-order valence-corrected chi connectivity index (χ4v) is 22.8. The molecule has 34 heteroatoms. The summed E-state index contributed by atoms with van der Waals surface area (Å²) in [5.41, 5.74) is 9.37. The van der Waals surface area contributed by atoms with Crippen molar-refractivity contribution in [2.24, 2.45) is 0 Å². The maximum absolute atomic E-state index is 13.4. The average Bonchev–Trinajstić information content (AvgIpc) is 0.797. The third-order valence-corrected chi connectivity index (χ3v) is 31.1. The highest BCUT2D eigenvalue weighted by atomic mass is 35.5. The molecule has 4 aromatic heterocycles. The summed E-state index contributed by atoms with van der Waals surface area (Å²) in [6.07, 6.45) is 15.3. The Morgan fingerprint density at radius 1 is 0.331 bits per heavy atom. The Hall–Kier alpha value is -10.8. The Morgan fingerprint density at radius 3 is 0.938 bits per heavy atom. The van der Waals surface area contributed by atoms with E-state index in [1.54, 1.807) is 165 Å². The Balaban J connectivity index is 0.000000148. The van der Waals surface area contributed by atoms with E-state index >= 15 is 0 Å². The van der Waals surface area contributed by atoms with E-state index in [0.29, 0.717) is 173 Å². The van der Waals surface area contributed by atoms with E-state index in [-0.39, 0.29) is 61.1 Å². The smallest absolute Gasteiger partial charge is 0.243 e. The first-order valence-electron chi connectivity index (χ1n) is 43.6. The molecule has 12 aromatic rings. The number of hydrogen-bond acceptors (Lipinski definition) is 22. The molecule has 26 nitrogen and oxygen atoms in total. The minimum atomic E-state index is -3.62.